The molecule has 1 aromatic heterocycles. The van der Waals surface area contributed by atoms with Gasteiger partial charge in [-0.1, -0.05) is 27.7 Å². The van der Waals surface area contributed by atoms with Crippen LogP contribution in [0.4, 0.5) is 0 Å². The fraction of sp³-hybridized carbons (Fsp3) is 0.733. The van der Waals surface area contributed by atoms with Gasteiger partial charge in [0.1, 0.15) is 0 Å². The average Bonchev–Trinajstić information content (AvgIpc) is 2.81. The molecule has 126 valence electrons. The van der Waals surface area contributed by atoms with Gasteiger partial charge in [0, 0.05) is 12.7 Å². The van der Waals surface area contributed by atoms with Crippen LogP contribution in [-0.2, 0) is 16.6 Å². The summed E-state index contributed by atoms with van der Waals surface area (Å²) >= 11 is 0. The Morgan fingerprint density at radius 2 is 1.86 bits per heavy atom. The third kappa shape index (κ3) is 4.56. The number of nitrogens with zero attached hydrogens (tertiary/aromatic N) is 2. The Balaban J connectivity index is 3.00. The number of hydrogen-bond acceptors (Lipinski definition) is 4. The monoisotopic (exact) mass is 329 g/mol. The van der Waals surface area contributed by atoms with Gasteiger partial charge in [0.2, 0.25) is 10.0 Å². The molecule has 0 aliphatic carbocycles. The number of nitrogens with one attached hydrogen (secondary N) is 1. The van der Waals surface area contributed by atoms with Crippen molar-refractivity contribution >= 4 is 15.9 Å². The summed E-state index contributed by atoms with van der Waals surface area (Å²) in [4.78, 5) is 12.4. The minimum absolute atomic E-state index is 0.0457. The largest absolute Gasteiger partial charge is 0.272 e. The maximum absolute atomic E-state index is 12.4. The van der Waals surface area contributed by atoms with E-state index in [2.05, 4.69) is 9.82 Å². The number of carbonyl (C=O) groups is 1. The van der Waals surface area contributed by atoms with Crippen molar-refractivity contribution < 1.29 is 13.2 Å². The van der Waals surface area contributed by atoms with Crippen LogP contribution < -0.4 is 4.72 Å². The van der Waals surface area contributed by atoms with E-state index in [0.717, 1.165) is 0 Å². The van der Waals surface area contributed by atoms with Crippen LogP contribution in [0.15, 0.2) is 6.20 Å². The van der Waals surface area contributed by atoms with E-state index in [4.69, 9.17) is 0 Å². The summed E-state index contributed by atoms with van der Waals surface area (Å²) in [5.41, 5.74) is 0.947. The van der Waals surface area contributed by atoms with Gasteiger partial charge in [-0.15, -0.1) is 0 Å². The Morgan fingerprint density at radius 1 is 1.27 bits per heavy atom. The molecule has 1 N–H and O–H groups in total. The molecule has 1 rings (SSSR count). The Morgan fingerprint density at radius 3 is 2.32 bits per heavy atom. The molecule has 0 aromatic carbocycles. The molecule has 22 heavy (non-hydrogen) atoms. The van der Waals surface area contributed by atoms with E-state index in [0.29, 0.717) is 24.2 Å². The quantitative estimate of drug-likeness (QED) is 0.833. The lowest BCUT2D eigenvalue weighted by atomic mass is 10.1. The molecule has 0 radical (unpaired) electrons. The minimum Gasteiger partial charge on any atom is -0.272 e. The Hall–Kier alpha value is -1.37. The molecule has 0 bridgehead atoms. The molecule has 0 fully saturated rings. The van der Waals surface area contributed by atoms with Crippen molar-refractivity contribution in [2.24, 2.45) is 5.92 Å². The number of rotatable bonds is 7. The van der Waals surface area contributed by atoms with Crippen molar-refractivity contribution in [2.45, 2.75) is 65.7 Å². The molecule has 0 aliphatic heterocycles. The number of amides is 1. The first kappa shape index (κ1) is 18.7. The number of aromatic nitrogens is 2. The van der Waals surface area contributed by atoms with Crippen LogP contribution in [0.2, 0.25) is 0 Å². The molecule has 7 heteroatoms. The van der Waals surface area contributed by atoms with Gasteiger partial charge < -0.3 is 0 Å². The van der Waals surface area contributed by atoms with Crippen LogP contribution >= 0.6 is 0 Å². The van der Waals surface area contributed by atoms with Crippen LogP contribution in [0.3, 0.4) is 0 Å². The van der Waals surface area contributed by atoms with E-state index in [1.807, 2.05) is 34.6 Å². The average molecular weight is 329 g/mol. The molecule has 0 saturated heterocycles. The highest BCUT2D eigenvalue weighted by molar-refractivity contribution is 7.90. The topological polar surface area (TPSA) is 81.1 Å². The fourth-order valence-electron chi connectivity index (χ4n) is 2.28. The van der Waals surface area contributed by atoms with Crippen LogP contribution in [0.25, 0.3) is 0 Å². The maximum Gasteiger partial charge on any atom is 0.268 e. The first-order valence-corrected chi connectivity index (χ1v) is 9.26. The Bertz CT molecular complexity index is 618. The summed E-state index contributed by atoms with van der Waals surface area (Å²) in [6, 6.07) is 0. The standard InChI is InChI=1S/C15H27N3O3S/c1-7-18-9-13(14(16-18)11(4)5)15(19)17-22(20,21)12(6)8-10(2)3/h9-12H,7-8H2,1-6H3,(H,17,19)/t12-/m0/s1. The molecule has 0 saturated carbocycles. The van der Waals surface area contributed by atoms with Crippen LogP contribution in [-0.4, -0.2) is 29.4 Å². The number of sulfonamides is 1. The van der Waals surface area contributed by atoms with E-state index < -0.39 is 21.2 Å². The van der Waals surface area contributed by atoms with Gasteiger partial charge in [0.25, 0.3) is 5.91 Å². The van der Waals surface area contributed by atoms with E-state index in [-0.39, 0.29) is 11.8 Å². The third-order valence-corrected chi connectivity index (χ3v) is 5.20. The lowest BCUT2D eigenvalue weighted by molar-refractivity contribution is 0.0979. The van der Waals surface area contributed by atoms with Gasteiger partial charge in [-0.2, -0.15) is 5.10 Å². The molecule has 6 nitrogen and oxygen atoms in total. The van der Waals surface area contributed by atoms with Crippen LogP contribution in [0, 0.1) is 5.92 Å². The van der Waals surface area contributed by atoms with E-state index in [1.165, 1.54) is 0 Å². The minimum atomic E-state index is -3.68. The third-order valence-electron chi connectivity index (χ3n) is 3.47. The van der Waals surface area contributed by atoms with E-state index >= 15 is 0 Å². The number of aryl methyl sites for hydroxylation is 1. The molecule has 1 atom stereocenters. The van der Waals surface area contributed by atoms with Crippen LogP contribution in [0.5, 0.6) is 0 Å². The summed E-state index contributed by atoms with van der Waals surface area (Å²) < 4.78 is 28.3. The zero-order valence-electron chi connectivity index (χ0n) is 14.3. The van der Waals surface area contributed by atoms with Crippen LogP contribution in [0.1, 0.15) is 69.9 Å². The van der Waals surface area contributed by atoms with Gasteiger partial charge in [0.15, 0.2) is 0 Å². The highest BCUT2D eigenvalue weighted by atomic mass is 32.2. The normalized spacial score (nSPS) is 13.6. The van der Waals surface area contributed by atoms with Gasteiger partial charge in [-0.05, 0) is 32.1 Å². The number of carbonyl (C=O) groups excluding carboxylic acids is 1. The Kier molecular flexibility index (Phi) is 6.17. The van der Waals surface area contributed by atoms with Crippen molar-refractivity contribution in [3.8, 4) is 0 Å². The van der Waals surface area contributed by atoms with Crippen molar-refractivity contribution in [2.75, 3.05) is 0 Å². The van der Waals surface area contributed by atoms with Gasteiger partial charge in [0.05, 0.1) is 16.5 Å². The van der Waals surface area contributed by atoms with Crippen molar-refractivity contribution in [3.05, 3.63) is 17.5 Å². The number of hydrogen-bond donors (Lipinski definition) is 1. The van der Waals surface area contributed by atoms with Crippen molar-refractivity contribution in [3.63, 3.8) is 0 Å². The Labute approximate surface area is 133 Å². The van der Waals surface area contributed by atoms with Crippen molar-refractivity contribution in [1.82, 2.24) is 14.5 Å². The maximum atomic E-state index is 12.4. The summed E-state index contributed by atoms with van der Waals surface area (Å²) in [5, 5.41) is 3.72. The molecule has 0 spiro atoms. The fourth-order valence-corrected chi connectivity index (χ4v) is 3.48. The molecule has 1 amide bonds. The molecular weight excluding hydrogens is 302 g/mol. The van der Waals surface area contributed by atoms with E-state index in [1.54, 1.807) is 17.8 Å². The summed E-state index contributed by atoms with van der Waals surface area (Å²) in [7, 11) is -3.68. The zero-order chi connectivity index (χ0) is 17.1. The van der Waals surface area contributed by atoms with Gasteiger partial charge >= 0.3 is 0 Å². The lowest BCUT2D eigenvalue weighted by Crippen LogP contribution is -2.38. The summed E-state index contributed by atoms with van der Waals surface area (Å²) in [6.07, 6.45) is 2.11. The first-order valence-electron chi connectivity index (χ1n) is 7.71. The summed E-state index contributed by atoms with van der Waals surface area (Å²) in [6.45, 7) is 11.9. The zero-order valence-corrected chi connectivity index (χ0v) is 15.1. The summed E-state index contributed by atoms with van der Waals surface area (Å²) in [5.74, 6) is -0.306. The molecule has 0 unspecified atom stereocenters. The highest BCUT2D eigenvalue weighted by Gasteiger charge is 2.27. The molecular formula is C15H27N3O3S. The second-order valence-corrected chi connectivity index (χ2v) is 8.45. The van der Waals surface area contributed by atoms with Gasteiger partial charge in [-0.3, -0.25) is 9.48 Å². The van der Waals surface area contributed by atoms with Crippen molar-refractivity contribution in [1.29, 1.82) is 0 Å². The lowest BCUT2D eigenvalue weighted by Gasteiger charge is -2.15. The second kappa shape index (κ2) is 7.26. The highest BCUT2D eigenvalue weighted by Crippen LogP contribution is 2.19. The second-order valence-electron chi connectivity index (χ2n) is 6.35. The molecule has 0 aliphatic rings. The SMILES string of the molecule is CCn1cc(C(=O)NS(=O)(=O)[C@@H](C)CC(C)C)c(C(C)C)n1. The van der Waals surface area contributed by atoms with E-state index in [9.17, 15) is 13.2 Å². The molecule has 1 aromatic rings. The first-order chi connectivity index (χ1) is 10.1. The predicted octanol–water partition coefficient (Wildman–Crippen LogP) is 2.52. The predicted molar refractivity (Wildman–Crippen MR) is 87.3 cm³/mol. The smallest absolute Gasteiger partial charge is 0.268 e. The molecule has 1 heterocycles. The van der Waals surface area contributed by atoms with Gasteiger partial charge in [-0.25, -0.2) is 13.1 Å².